The molecule has 1 N–H and O–H groups in total. The van der Waals surface area contributed by atoms with Gasteiger partial charge in [-0.3, -0.25) is 0 Å². The third-order valence-electron chi connectivity index (χ3n) is 5.44. The molecule has 0 fully saturated rings. The topological polar surface area (TPSA) is 74.7 Å². The number of guanidine groups is 1. The molecule has 31 heavy (non-hydrogen) atoms. The fourth-order valence-corrected chi connectivity index (χ4v) is 3.28. The lowest BCUT2D eigenvalue weighted by molar-refractivity contribution is 0.461. The van der Waals surface area contributed by atoms with Gasteiger partial charge in [-0.15, -0.1) is 10.2 Å². The monoisotopic (exact) mass is 423 g/mol. The zero-order valence-corrected chi connectivity index (χ0v) is 19.2. The van der Waals surface area contributed by atoms with Gasteiger partial charge in [-0.1, -0.05) is 18.2 Å². The van der Waals surface area contributed by atoms with Crippen LogP contribution in [0.5, 0.6) is 0 Å². The van der Waals surface area contributed by atoms with E-state index in [1.165, 1.54) is 5.69 Å². The first-order valence-electron chi connectivity index (χ1n) is 10.6. The van der Waals surface area contributed by atoms with Crippen molar-refractivity contribution in [3.8, 4) is 0 Å². The van der Waals surface area contributed by atoms with Gasteiger partial charge in [0.1, 0.15) is 18.1 Å². The van der Waals surface area contributed by atoms with Gasteiger partial charge in [0, 0.05) is 52.0 Å². The van der Waals surface area contributed by atoms with Gasteiger partial charge in [0.15, 0.2) is 11.8 Å². The predicted molar refractivity (Wildman–Crippen MR) is 124 cm³/mol. The molecule has 0 aliphatic carbocycles. The molecule has 0 spiro atoms. The maximum Gasteiger partial charge on any atom is 0.194 e. The maximum atomic E-state index is 5.45. The highest BCUT2D eigenvalue weighted by Gasteiger charge is 2.12. The smallest absolute Gasteiger partial charge is 0.194 e. The molecule has 0 aliphatic heterocycles. The zero-order valence-electron chi connectivity index (χ0n) is 19.2. The van der Waals surface area contributed by atoms with Crippen molar-refractivity contribution in [1.29, 1.82) is 0 Å². The average molecular weight is 424 g/mol. The number of anilines is 1. The summed E-state index contributed by atoms with van der Waals surface area (Å²) in [6.45, 7) is 6.89. The summed E-state index contributed by atoms with van der Waals surface area (Å²) >= 11 is 0. The molecule has 1 aromatic carbocycles. The Balaban J connectivity index is 1.61. The quantitative estimate of drug-likeness (QED) is 0.324. The van der Waals surface area contributed by atoms with E-state index in [4.69, 9.17) is 9.41 Å². The molecule has 0 bridgehead atoms. The highest BCUT2D eigenvalue weighted by atomic mass is 16.3. The molecule has 0 amide bonds. The summed E-state index contributed by atoms with van der Waals surface area (Å²) in [5.41, 5.74) is 2.37. The van der Waals surface area contributed by atoms with Crippen LogP contribution in [-0.4, -0.2) is 52.8 Å². The fourth-order valence-electron chi connectivity index (χ4n) is 3.28. The van der Waals surface area contributed by atoms with Gasteiger partial charge in [0.05, 0.1) is 6.26 Å². The van der Waals surface area contributed by atoms with Gasteiger partial charge >= 0.3 is 0 Å². The molecular formula is C23H33N7O. The van der Waals surface area contributed by atoms with Crippen LogP contribution in [0.1, 0.15) is 29.4 Å². The van der Waals surface area contributed by atoms with E-state index in [0.717, 1.165) is 55.0 Å². The van der Waals surface area contributed by atoms with Crippen LogP contribution in [0.15, 0.2) is 52.1 Å². The summed E-state index contributed by atoms with van der Waals surface area (Å²) in [6, 6.07) is 12.4. The molecule has 2 heterocycles. The number of aryl methyl sites for hydroxylation is 2. The van der Waals surface area contributed by atoms with Crippen molar-refractivity contribution in [2.75, 3.05) is 32.1 Å². The van der Waals surface area contributed by atoms with Crippen molar-refractivity contribution in [2.45, 2.75) is 33.4 Å². The number of furan rings is 1. The molecule has 8 nitrogen and oxygen atoms in total. The summed E-state index contributed by atoms with van der Waals surface area (Å²) < 4.78 is 7.41. The van der Waals surface area contributed by atoms with Crippen molar-refractivity contribution in [2.24, 2.45) is 12.0 Å². The fraction of sp³-hybridized carbons (Fsp3) is 0.435. The van der Waals surface area contributed by atoms with Crippen LogP contribution in [0.25, 0.3) is 0 Å². The van der Waals surface area contributed by atoms with Crippen LogP contribution in [-0.2, 0) is 20.1 Å². The Morgan fingerprint density at radius 3 is 2.55 bits per heavy atom. The Morgan fingerprint density at radius 2 is 1.90 bits per heavy atom. The molecular weight excluding hydrogens is 390 g/mol. The van der Waals surface area contributed by atoms with Gasteiger partial charge in [0.25, 0.3) is 0 Å². The van der Waals surface area contributed by atoms with Crippen molar-refractivity contribution in [3.63, 3.8) is 0 Å². The third kappa shape index (κ3) is 6.10. The minimum atomic E-state index is 0.471. The van der Waals surface area contributed by atoms with Crippen LogP contribution in [0.3, 0.4) is 0 Å². The largest absolute Gasteiger partial charge is 0.469 e. The van der Waals surface area contributed by atoms with Gasteiger partial charge in [-0.05, 0) is 38.5 Å². The number of para-hydroxylation sites is 1. The maximum absolute atomic E-state index is 5.45. The third-order valence-corrected chi connectivity index (χ3v) is 5.44. The van der Waals surface area contributed by atoms with E-state index in [1.807, 2.05) is 44.6 Å². The molecule has 3 aromatic rings. The molecule has 0 atom stereocenters. The first-order valence-corrected chi connectivity index (χ1v) is 10.6. The summed E-state index contributed by atoms with van der Waals surface area (Å²) in [6.07, 6.45) is 2.72. The molecule has 3 rings (SSSR count). The molecule has 0 radical (unpaired) electrons. The van der Waals surface area contributed by atoms with Crippen molar-refractivity contribution < 1.29 is 4.42 Å². The van der Waals surface area contributed by atoms with Crippen LogP contribution >= 0.6 is 0 Å². The lowest BCUT2D eigenvalue weighted by atomic mass is 10.2. The zero-order chi connectivity index (χ0) is 22.2. The summed E-state index contributed by atoms with van der Waals surface area (Å²) in [5.74, 6) is 3.49. The van der Waals surface area contributed by atoms with E-state index in [0.29, 0.717) is 6.54 Å². The number of aliphatic imine (C=N–C) groups is 1. The lowest BCUT2D eigenvalue weighted by Crippen LogP contribution is -2.40. The van der Waals surface area contributed by atoms with E-state index in [2.05, 4.69) is 56.6 Å². The van der Waals surface area contributed by atoms with Crippen molar-refractivity contribution >= 4 is 11.6 Å². The Kier molecular flexibility index (Phi) is 7.70. The van der Waals surface area contributed by atoms with E-state index in [9.17, 15) is 0 Å². The molecule has 0 aliphatic rings. The Labute approximate surface area is 184 Å². The average Bonchev–Trinajstić information content (AvgIpc) is 3.32. The number of benzene rings is 1. The van der Waals surface area contributed by atoms with Crippen molar-refractivity contribution in [3.05, 3.63) is 65.6 Å². The number of aromatic nitrogens is 3. The molecule has 0 saturated heterocycles. The van der Waals surface area contributed by atoms with E-state index >= 15 is 0 Å². The number of nitrogens with one attached hydrogen (secondary N) is 1. The SMILES string of the molecule is Cc1occc1CN(C)C(=NCc1nnc(C)n1C)NCCCN(C)c1ccccc1. The second kappa shape index (κ2) is 10.7. The minimum absolute atomic E-state index is 0.471. The van der Waals surface area contributed by atoms with Gasteiger partial charge in [0.2, 0.25) is 0 Å². The minimum Gasteiger partial charge on any atom is -0.469 e. The summed E-state index contributed by atoms with van der Waals surface area (Å²) in [5, 5.41) is 11.9. The normalized spacial score (nSPS) is 11.6. The second-order valence-electron chi connectivity index (χ2n) is 7.76. The van der Waals surface area contributed by atoms with Gasteiger partial charge in [-0.25, -0.2) is 4.99 Å². The molecule has 0 saturated carbocycles. The first kappa shape index (κ1) is 22.4. The summed E-state index contributed by atoms with van der Waals surface area (Å²) in [7, 11) is 6.12. The molecule has 0 unspecified atom stereocenters. The molecule has 8 heteroatoms. The number of nitrogens with zero attached hydrogens (tertiary/aromatic N) is 6. The Bertz CT molecular complexity index is 977. The van der Waals surface area contributed by atoms with E-state index in [-0.39, 0.29) is 0 Å². The highest BCUT2D eigenvalue weighted by Crippen LogP contribution is 2.12. The molecule has 166 valence electrons. The highest BCUT2D eigenvalue weighted by molar-refractivity contribution is 5.79. The summed E-state index contributed by atoms with van der Waals surface area (Å²) in [4.78, 5) is 9.19. The van der Waals surface area contributed by atoms with Crippen molar-refractivity contribution in [1.82, 2.24) is 25.0 Å². The van der Waals surface area contributed by atoms with Crippen LogP contribution < -0.4 is 10.2 Å². The number of rotatable bonds is 9. The first-order chi connectivity index (χ1) is 15.0. The van der Waals surface area contributed by atoms with Crippen LogP contribution in [0, 0.1) is 13.8 Å². The Hall–Kier alpha value is -3.29. The van der Waals surface area contributed by atoms with Gasteiger partial charge in [-0.2, -0.15) is 0 Å². The predicted octanol–water partition coefficient (Wildman–Crippen LogP) is 3.13. The van der Waals surface area contributed by atoms with Crippen LogP contribution in [0.2, 0.25) is 0 Å². The number of hydrogen-bond donors (Lipinski definition) is 1. The number of hydrogen-bond acceptors (Lipinski definition) is 5. The molecule has 2 aromatic heterocycles. The standard InChI is InChI=1S/C23H33N7O/c1-18-20(12-15-31-18)17-29(4)23(25-16-22-27-26-19(2)30(22)5)24-13-9-14-28(3)21-10-7-6-8-11-21/h6-8,10-12,15H,9,13-14,16-17H2,1-5H3,(H,24,25). The van der Waals surface area contributed by atoms with E-state index in [1.54, 1.807) is 6.26 Å². The van der Waals surface area contributed by atoms with Gasteiger partial charge < -0.3 is 24.1 Å². The van der Waals surface area contributed by atoms with E-state index < -0.39 is 0 Å². The second-order valence-corrected chi connectivity index (χ2v) is 7.76. The Morgan fingerprint density at radius 1 is 1.13 bits per heavy atom. The van der Waals surface area contributed by atoms with Crippen LogP contribution in [0.4, 0.5) is 5.69 Å². The lowest BCUT2D eigenvalue weighted by Gasteiger charge is -2.23.